The first-order valence-corrected chi connectivity index (χ1v) is 14.8. The van der Waals surface area contributed by atoms with Crippen molar-refractivity contribution in [2.24, 2.45) is 5.41 Å². The lowest BCUT2D eigenvalue weighted by Gasteiger charge is -2.38. The van der Waals surface area contributed by atoms with E-state index in [1.165, 1.54) is 23.8 Å². The Labute approximate surface area is 241 Å². The van der Waals surface area contributed by atoms with E-state index in [2.05, 4.69) is 64.9 Å². The number of aromatic nitrogens is 5. The Balaban J connectivity index is 1.20. The number of piperidine rings is 1. The summed E-state index contributed by atoms with van der Waals surface area (Å²) in [6.07, 6.45) is 9.22. The van der Waals surface area contributed by atoms with Gasteiger partial charge in [0, 0.05) is 41.3 Å². The fourth-order valence-corrected chi connectivity index (χ4v) is 6.01. The fraction of sp³-hybridized carbons (Fsp3) is 0.500. The van der Waals surface area contributed by atoms with Gasteiger partial charge in [-0.1, -0.05) is 45.0 Å². The highest BCUT2D eigenvalue weighted by molar-refractivity contribution is 5.91. The molecule has 1 aromatic carbocycles. The maximum Gasteiger partial charge on any atom is 0.416 e. The van der Waals surface area contributed by atoms with Gasteiger partial charge >= 0.3 is 6.09 Å². The summed E-state index contributed by atoms with van der Waals surface area (Å²) in [5, 5.41) is 20.0. The number of anilines is 1. The highest BCUT2D eigenvalue weighted by Gasteiger charge is 2.31. The van der Waals surface area contributed by atoms with Gasteiger partial charge in [-0.25, -0.2) is 14.0 Å². The summed E-state index contributed by atoms with van der Waals surface area (Å²) in [6.45, 7) is 14.8. The van der Waals surface area contributed by atoms with Gasteiger partial charge in [0.05, 0.1) is 30.1 Å². The number of carboxylic acid groups (broad SMARTS) is 1. The second kappa shape index (κ2) is 10.6. The van der Waals surface area contributed by atoms with Gasteiger partial charge in [0.2, 0.25) is 0 Å². The molecule has 0 radical (unpaired) electrons. The van der Waals surface area contributed by atoms with Crippen molar-refractivity contribution in [3.63, 3.8) is 0 Å². The zero-order chi connectivity index (χ0) is 28.8. The highest BCUT2D eigenvalue weighted by atomic mass is 16.4. The molecule has 2 aliphatic heterocycles. The molecule has 0 spiro atoms. The van der Waals surface area contributed by atoms with Gasteiger partial charge < -0.3 is 14.9 Å². The van der Waals surface area contributed by atoms with Crippen LogP contribution < -0.4 is 4.90 Å². The van der Waals surface area contributed by atoms with E-state index in [9.17, 15) is 9.90 Å². The molecule has 41 heavy (non-hydrogen) atoms. The Morgan fingerprint density at radius 3 is 2.54 bits per heavy atom. The molecule has 0 atom stereocenters. The molecule has 4 aromatic rings. The average Bonchev–Trinajstić information content (AvgIpc) is 3.52. The molecule has 2 aliphatic rings. The van der Waals surface area contributed by atoms with Crippen LogP contribution in [-0.4, -0.2) is 73.4 Å². The predicted molar refractivity (Wildman–Crippen MR) is 162 cm³/mol. The van der Waals surface area contributed by atoms with Crippen LogP contribution in [0.2, 0.25) is 0 Å². The van der Waals surface area contributed by atoms with E-state index in [1.807, 2.05) is 36.8 Å². The monoisotopic (exact) mass is 555 g/mol. The predicted octanol–water partition coefficient (Wildman–Crippen LogP) is 5.87. The van der Waals surface area contributed by atoms with E-state index in [1.54, 1.807) is 4.68 Å². The molecule has 1 N–H and O–H groups in total. The van der Waals surface area contributed by atoms with E-state index < -0.39 is 6.09 Å². The molecule has 216 valence electrons. The fourth-order valence-electron chi connectivity index (χ4n) is 6.01. The SMILES string of the molecule is CC1(C)CCN(CCC(C)(C)c2cc3ccc(Cn4cc(-c5cncc(N6CCC6)c5)nn4)cc3n2C(=O)O)CC1. The van der Waals surface area contributed by atoms with Crippen LogP contribution in [0.3, 0.4) is 0 Å². The Morgan fingerprint density at radius 2 is 1.83 bits per heavy atom. The van der Waals surface area contributed by atoms with E-state index in [0.29, 0.717) is 17.5 Å². The molecule has 9 heteroatoms. The third kappa shape index (κ3) is 5.73. The van der Waals surface area contributed by atoms with E-state index >= 15 is 0 Å². The van der Waals surface area contributed by atoms with Crippen molar-refractivity contribution in [2.45, 2.75) is 65.3 Å². The lowest BCUT2D eigenvalue weighted by Crippen LogP contribution is -2.39. The van der Waals surface area contributed by atoms with Gasteiger partial charge in [-0.05, 0) is 74.5 Å². The number of rotatable bonds is 8. The molecule has 2 saturated heterocycles. The van der Waals surface area contributed by atoms with E-state index in [4.69, 9.17) is 0 Å². The first-order valence-electron chi connectivity index (χ1n) is 14.8. The second-order valence-corrected chi connectivity index (χ2v) is 13.3. The smallest absolute Gasteiger partial charge is 0.416 e. The quantitative estimate of drug-likeness (QED) is 0.291. The largest absolute Gasteiger partial charge is 0.464 e. The number of benzene rings is 1. The van der Waals surface area contributed by atoms with Crippen molar-refractivity contribution < 1.29 is 9.90 Å². The zero-order valence-electron chi connectivity index (χ0n) is 24.7. The van der Waals surface area contributed by atoms with Gasteiger partial charge in [-0.2, -0.15) is 0 Å². The minimum Gasteiger partial charge on any atom is -0.464 e. The highest BCUT2D eigenvalue weighted by Crippen LogP contribution is 2.35. The number of carbonyl (C=O) groups is 1. The molecule has 0 unspecified atom stereocenters. The average molecular weight is 556 g/mol. The Bertz CT molecular complexity index is 1550. The van der Waals surface area contributed by atoms with Crippen molar-refractivity contribution in [2.75, 3.05) is 37.6 Å². The van der Waals surface area contributed by atoms with Crippen molar-refractivity contribution in [3.05, 3.63) is 60.2 Å². The molecule has 9 nitrogen and oxygen atoms in total. The van der Waals surface area contributed by atoms with Crippen LogP contribution in [0.15, 0.2) is 48.9 Å². The van der Waals surface area contributed by atoms with Crippen molar-refractivity contribution in [3.8, 4) is 11.3 Å². The second-order valence-electron chi connectivity index (χ2n) is 13.3. The van der Waals surface area contributed by atoms with Crippen LogP contribution in [0.5, 0.6) is 0 Å². The van der Waals surface area contributed by atoms with Crippen molar-refractivity contribution in [1.29, 1.82) is 0 Å². The number of fused-ring (bicyclic) bond motifs is 1. The third-order valence-electron chi connectivity index (χ3n) is 9.14. The molecule has 6 rings (SSSR count). The van der Waals surface area contributed by atoms with Crippen molar-refractivity contribution in [1.82, 2.24) is 29.4 Å². The van der Waals surface area contributed by atoms with Crippen LogP contribution in [0.1, 0.15) is 64.6 Å². The van der Waals surface area contributed by atoms with Crippen molar-refractivity contribution >= 4 is 22.7 Å². The van der Waals surface area contributed by atoms with Gasteiger partial charge in [0.1, 0.15) is 5.69 Å². The summed E-state index contributed by atoms with van der Waals surface area (Å²) in [5.74, 6) is 0. The molecular formula is C32H41N7O2. The number of pyridine rings is 1. The Hall–Kier alpha value is -3.72. The number of hydrogen-bond donors (Lipinski definition) is 1. The zero-order valence-corrected chi connectivity index (χ0v) is 24.7. The van der Waals surface area contributed by atoms with Gasteiger partial charge in [-0.15, -0.1) is 5.10 Å². The standard InChI is InChI=1S/C32H41N7O2/c1-31(2)8-13-36(14-9-31)15-10-32(3,4)29-18-24-7-6-23(16-28(24)39(29)30(40)41)21-38-22-27(34-35-38)25-17-26(20-33-19-25)37-11-5-12-37/h6-7,16-20,22H,5,8-15,21H2,1-4H3,(H,40,41). The van der Waals surface area contributed by atoms with E-state index in [0.717, 1.165) is 72.7 Å². The number of likely N-dealkylation sites (tertiary alicyclic amines) is 1. The summed E-state index contributed by atoms with van der Waals surface area (Å²) in [7, 11) is 0. The van der Waals surface area contributed by atoms with Crippen LogP contribution in [0.25, 0.3) is 22.2 Å². The van der Waals surface area contributed by atoms with Crippen LogP contribution in [0.4, 0.5) is 10.5 Å². The summed E-state index contributed by atoms with van der Waals surface area (Å²) < 4.78 is 3.28. The first-order chi connectivity index (χ1) is 19.6. The molecule has 2 fully saturated rings. The van der Waals surface area contributed by atoms with Gasteiger partial charge in [-0.3, -0.25) is 4.98 Å². The Kier molecular flexibility index (Phi) is 7.09. The molecule has 0 aliphatic carbocycles. The minimum atomic E-state index is -0.947. The maximum atomic E-state index is 12.6. The lowest BCUT2D eigenvalue weighted by molar-refractivity contribution is 0.125. The number of hydrogen-bond acceptors (Lipinski definition) is 6. The molecule has 5 heterocycles. The molecule has 0 amide bonds. The van der Waals surface area contributed by atoms with Gasteiger partial charge in [0.25, 0.3) is 0 Å². The van der Waals surface area contributed by atoms with Gasteiger partial charge in [0.15, 0.2) is 0 Å². The van der Waals surface area contributed by atoms with Crippen LogP contribution in [0, 0.1) is 5.41 Å². The first kappa shape index (κ1) is 27.4. The van der Waals surface area contributed by atoms with E-state index in [-0.39, 0.29) is 5.41 Å². The lowest BCUT2D eigenvalue weighted by atomic mass is 9.81. The third-order valence-corrected chi connectivity index (χ3v) is 9.14. The van der Waals surface area contributed by atoms with Crippen LogP contribution >= 0.6 is 0 Å². The van der Waals surface area contributed by atoms with Crippen LogP contribution in [-0.2, 0) is 12.0 Å². The summed E-state index contributed by atoms with van der Waals surface area (Å²) >= 11 is 0. The summed E-state index contributed by atoms with van der Waals surface area (Å²) in [6, 6.07) is 10.2. The number of nitrogens with zero attached hydrogens (tertiary/aromatic N) is 7. The topological polar surface area (TPSA) is 92.3 Å². The molecular weight excluding hydrogens is 514 g/mol. The Morgan fingerprint density at radius 1 is 1.05 bits per heavy atom. The normalized spacial score (nSPS) is 17.6. The summed E-state index contributed by atoms with van der Waals surface area (Å²) in [5.41, 5.74) is 5.49. The molecule has 0 saturated carbocycles. The maximum absolute atomic E-state index is 12.6. The molecule has 3 aromatic heterocycles. The molecule has 0 bridgehead atoms. The summed E-state index contributed by atoms with van der Waals surface area (Å²) in [4.78, 5) is 21.8. The minimum absolute atomic E-state index is 0.288.